The summed E-state index contributed by atoms with van der Waals surface area (Å²) in [6.07, 6.45) is 0.976. The van der Waals surface area contributed by atoms with E-state index in [-0.39, 0.29) is 6.03 Å². The second-order valence-corrected chi connectivity index (χ2v) is 7.37. The lowest BCUT2D eigenvalue weighted by atomic mass is 10.1. The molecule has 1 saturated heterocycles. The molecule has 0 aliphatic carbocycles. The van der Waals surface area contributed by atoms with Gasteiger partial charge in [0.25, 0.3) is 0 Å². The van der Waals surface area contributed by atoms with Crippen molar-refractivity contribution in [3.05, 3.63) is 69.7 Å². The number of urea groups is 1. The van der Waals surface area contributed by atoms with E-state index in [0.29, 0.717) is 11.6 Å². The van der Waals surface area contributed by atoms with Gasteiger partial charge in [-0.15, -0.1) is 0 Å². The Bertz CT molecular complexity index is 728. The SMILES string of the molecule is O=C(NCc1ccc(Cl)cc1)N1CCN(CCc2cccc(Cl)c2)CC1. The Morgan fingerprint density at radius 1 is 0.923 bits per heavy atom. The molecular weight excluding hydrogens is 369 g/mol. The largest absolute Gasteiger partial charge is 0.334 e. The summed E-state index contributed by atoms with van der Waals surface area (Å²) in [6, 6.07) is 15.5. The molecule has 2 aromatic rings. The van der Waals surface area contributed by atoms with Gasteiger partial charge in [0, 0.05) is 49.3 Å². The van der Waals surface area contributed by atoms with Crippen molar-refractivity contribution in [2.75, 3.05) is 32.7 Å². The molecule has 2 amide bonds. The van der Waals surface area contributed by atoms with Gasteiger partial charge >= 0.3 is 6.03 Å². The molecule has 0 radical (unpaired) electrons. The molecule has 6 heteroatoms. The number of carbonyl (C=O) groups excluding carboxylic acids is 1. The van der Waals surface area contributed by atoms with Crippen LogP contribution >= 0.6 is 23.2 Å². The van der Waals surface area contributed by atoms with Crippen LogP contribution in [0.15, 0.2) is 48.5 Å². The van der Waals surface area contributed by atoms with Crippen LogP contribution in [0.1, 0.15) is 11.1 Å². The van der Waals surface area contributed by atoms with E-state index in [9.17, 15) is 4.79 Å². The van der Waals surface area contributed by atoms with Gasteiger partial charge in [-0.2, -0.15) is 0 Å². The Morgan fingerprint density at radius 3 is 2.35 bits per heavy atom. The first-order valence-electron chi connectivity index (χ1n) is 8.84. The van der Waals surface area contributed by atoms with Gasteiger partial charge in [-0.1, -0.05) is 47.5 Å². The van der Waals surface area contributed by atoms with Crippen LogP contribution in [0.25, 0.3) is 0 Å². The number of carbonyl (C=O) groups is 1. The highest BCUT2D eigenvalue weighted by molar-refractivity contribution is 6.30. The van der Waals surface area contributed by atoms with E-state index in [0.717, 1.165) is 49.7 Å². The molecule has 138 valence electrons. The van der Waals surface area contributed by atoms with Crippen LogP contribution in [-0.2, 0) is 13.0 Å². The van der Waals surface area contributed by atoms with Crippen molar-refractivity contribution in [3.8, 4) is 0 Å². The maximum Gasteiger partial charge on any atom is 0.317 e. The topological polar surface area (TPSA) is 35.6 Å². The van der Waals surface area contributed by atoms with E-state index in [1.807, 2.05) is 47.4 Å². The Hall–Kier alpha value is -1.75. The van der Waals surface area contributed by atoms with Crippen molar-refractivity contribution in [2.24, 2.45) is 0 Å². The summed E-state index contributed by atoms with van der Waals surface area (Å²) in [4.78, 5) is 16.6. The molecule has 1 heterocycles. The molecule has 3 rings (SSSR count). The van der Waals surface area contributed by atoms with Crippen molar-refractivity contribution >= 4 is 29.2 Å². The second-order valence-electron chi connectivity index (χ2n) is 6.49. The fraction of sp³-hybridized carbons (Fsp3) is 0.350. The number of rotatable bonds is 5. The predicted octanol–water partition coefficient (Wildman–Crippen LogP) is 4.06. The molecule has 1 aliphatic heterocycles. The van der Waals surface area contributed by atoms with E-state index >= 15 is 0 Å². The first kappa shape index (κ1) is 19.0. The summed E-state index contributed by atoms with van der Waals surface area (Å²) in [7, 11) is 0. The maximum atomic E-state index is 12.3. The number of hydrogen-bond donors (Lipinski definition) is 1. The zero-order valence-electron chi connectivity index (χ0n) is 14.6. The fourth-order valence-electron chi connectivity index (χ4n) is 3.05. The highest BCUT2D eigenvalue weighted by atomic mass is 35.5. The lowest BCUT2D eigenvalue weighted by molar-refractivity contribution is 0.140. The van der Waals surface area contributed by atoms with Crippen molar-refractivity contribution in [2.45, 2.75) is 13.0 Å². The van der Waals surface area contributed by atoms with Crippen LogP contribution in [0.4, 0.5) is 4.79 Å². The number of benzene rings is 2. The molecule has 1 N–H and O–H groups in total. The van der Waals surface area contributed by atoms with Crippen LogP contribution in [0.2, 0.25) is 10.0 Å². The zero-order chi connectivity index (χ0) is 18.4. The molecule has 0 atom stereocenters. The molecular formula is C20H23Cl2N3O. The average molecular weight is 392 g/mol. The van der Waals surface area contributed by atoms with E-state index in [1.54, 1.807) is 0 Å². The van der Waals surface area contributed by atoms with Gasteiger partial charge in [0.05, 0.1) is 0 Å². The molecule has 1 fully saturated rings. The molecule has 0 unspecified atom stereocenters. The smallest absolute Gasteiger partial charge is 0.317 e. The molecule has 0 bridgehead atoms. The third kappa shape index (κ3) is 5.63. The molecule has 4 nitrogen and oxygen atoms in total. The van der Waals surface area contributed by atoms with E-state index in [1.165, 1.54) is 5.56 Å². The van der Waals surface area contributed by atoms with Crippen LogP contribution in [0.3, 0.4) is 0 Å². The van der Waals surface area contributed by atoms with Crippen LogP contribution in [-0.4, -0.2) is 48.6 Å². The molecule has 1 aliphatic rings. The minimum atomic E-state index is -0.00515. The quantitative estimate of drug-likeness (QED) is 0.833. The van der Waals surface area contributed by atoms with Gasteiger partial charge in [0.15, 0.2) is 0 Å². The van der Waals surface area contributed by atoms with Gasteiger partial charge in [-0.05, 0) is 41.8 Å². The summed E-state index contributed by atoms with van der Waals surface area (Å²) >= 11 is 11.9. The number of halogens is 2. The predicted molar refractivity (Wildman–Crippen MR) is 107 cm³/mol. The monoisotopic (exact) mass is 391 g/mol. The molecule has 26 heavy (non-hydrogen) atoms. The Kier molecular flexibility index (Phi) is 6.78. The zero-order valence-corrected chi connectivity index (χ0v) is 16.1. The molecule has 0 aromatic heterocycles. The Balaban J connectivity index is 1.38. The summed E-state index contributed by atoms with van der Waals surface area (Å²) in [5.41, 5.74) is 2.29. The van der Waals surface area contributed by atoms with Crippen molar-refractivity contribution < 1.29 is 4.79 Å². The number of nitrogens with one attached hydrogen (secondary N) is 1. The van der Waals surface area contributed by atoms with Crippen molar-refractivity contribution in [3.63, 3.8) is 0 Å². The lowest BCUT2D eigenvalue weighted by Gasteiger charge is -2.34. The molecule has 0 saturated carbocycles. The summed E-state index contributed by atoms with van der Waals surface area (Å²) in [5.74, 6) is 0. The van der Waals surface area contributed by atoms with Gasteiger partial charge in [0.2, 0.25) is 0 Å². The third-order valence-electron chi connectivity index (χ3n) is 4.62. The van der Waals surface area contributed by atoms with Gasteiger partial charge in [0.1, 0.15) is 0 Å². The summed E-state index contributed by atoms with van der Waals surface area (Å²) in [5, 5.41) is 4.46. The lowest BCUT2D eigenvalue weighted by Crippen LogP contribution is -2.51. The van der Waals surface area contributed by atoms with Crippen LogP contribution in [0.5, 0.6) is 0 Å². The van der Waals surface area contributed by atoms with E-state index < -0.39 is 0 Å². The minimum absolute atomic E-state index is 0.00515. The second kappa shape index (κ2) is 9.26. The molecule has 0 spiro atoms. The normalized spacial score (nSPS) is 15.1. The van der Waals surface area contributed by atoms with Gasteiger partial charge < -0.3 is 10.2 Å². The van der Waals surface area contributed by atoms with E-state index in [4.69, 9.17) is 23.2 Å². The van der Waals surface area contributed by atoms with Gasteiger partial charge in [-0.3, -0.25) is 4.90 Å². The minimum Gasteiger partial charge on any atom is -0.334 e. The van der Waals surface area contributed by atoms with Crippen LogP contribution in [0, 0.1) is 0 Å². The average Bonchev–Trinajstić information content (AvgIpc) is 2.66. The summed E-state index contributed by atoms with van der Waals surface area (Å²) in [6.45, 7) is 4.80. The standard InChI is InChI=1S/C20H23Cl2N3O/c21-18-6-4-17(5-7-18)15-23-20(26)25-12-10-24(11-13-25)9-8-16-2-1-3-19(22)14-16/h1-7,14H,8-13,15H2,(H,23,26). The number of amides is 2. The van der Waals surface area contributed by atoms with Gasteiger partial charge in [-0.25, -0.2) is 4.79 Å². The first-order chi connectivity index (χ1) is 12.6. The fourth-order valence-corrected chi connectivity index (χ4v) is 3.38. The number of nitrogens with zero attached hydrogens (tertiary/aromatic N) is 2. The first-order valence-corrected chi connectivity index (χ1v) is 9.60. The highest BCUT2D eigenvalue weighted by Gasteiger charge is 2.20. The number of piperazine rings is 1. The summed E-state index contributed by atoms with van der Waals surface area (Å²) < 4.78 is 0. The highest BCUT2D eigenvalue weighted by Crippen LogP contribution is 2.12. The van der Waals surface area contributed by atoms with E-state index in [2.05, 4.69) is 16.3 Å². The Morgan fingerprint density at radius 2 is 1.65 bits per heavy atom. The maximum absolute atomic E-state index is 12.3. The Labute approximate surface area is 164 Å². The third-order valence-corrected chi connectivity index (χ3v) is 5.11. The van der Waals surface area contributed by atoms with Crippen molar-refractivity contribution in [1.29, 1.82) is 0 Å². The van der Waals surface area contributed by atoms with Crippen LogP contribution < -0.4 is 5.32 Å². The number of hydrogen-bond acceptors (Lipinski definition) is 2. The molecule has 2 aromatic carbocycles. The van der Waals surface area contributed by atoms with Crippen molar-refractivity contribution in [1.82, 2.24) is 15.1 Å².